The third-order valence-corrected chi connectivity index (χ3v) is 4.19. The van der Waals surface area contributed by atoms with Crippen LogP contribution in [-0.2, 0) is 10.0 Å². The lowest BCUT2D eigenvalue weighted by Crippen LogP contribution is -2.28. The SMILES string of the molecule is Cc1ccc(NS(=O)(=O)C(C)CO)c(Cl)c1. The molecule has 0 aliphatic carbocycles. The summed E-state index contributed by atoms with van der Waals surface area (Å²) in [7, 11) is -3.58. The third-order valence-electron chi connectivity index (χ3n) is 2.16. The number of hydrogen-bond acceptors (Lipinski definition) is 3. The van der Waals surface area contributed by atoms with Gasteiger partial charge in [0, 0.05) is 0 Å². The van der Waals surface area contributed by atoms with Gasteiger partial charge in [0.2, 0.25) is 10.0 Å². The molecule has 1 aromatic rings. The van der Waals surface area contributed by atoms with Crippen LogP contribution in [0.4, 0.5) is 5.69 Å². The van der Waals surface area contributed by atoms with Crippen LogP contribution < -0.4 is 4.72 Å². The van der Waals surface area contributed by atoms with Gasteiger partial charge in [-0.15, -0.1) is 0 Å². The molecule has 1 rings (SSSR count). The largest absolute Gasteiger partial charge is 0.395 e. The lowest BCUT2D eigenvalue weighted by atomic mass is 10.2. The van der Waals surface area contributed by atoms with Crippen molar-refractivity contribution in [2.75, 3.05) is 11.3 Å². The summed E-state index contributed by atoms with van der Waals surface area (Å²) >= 11 is 5.89. The molecule has 0 fully saturated rings. The minimum atomic E-state index is -3.58. The molecule has 2 N–H and O–H groups in total. The molecular formula is C10H14ClNO3S. The first-order valence-electron chi connectivity index (χ1n) is 4.75. The van der Waals surface area contributed by atoms with Crippen LogP contribution in [0.25, 0.3) is 0 Å². The van der Waals surface area contributed by atoms with Gasteiger partial charge in [0.25, 0.3) is 0 Å². The van der Waals surface area contributed by atoms with Crippen LogP contribution in [0, 0.1) is 6.92 Å². The lowest BCUT2D eigenvalue weighted by molar-refractivity contribution is 0.296. The minimum Gasteiger partial charge on any atom is -0.395 e. The normalized spacial score (nSPS) is 13.5. The number of aryl methyl sites for hydroxylation is 1. The molecule has 0 saturated carbocycles. The zero-order valence-corrected chi connectivity index (χ0v) is 10.6. The van der Waals surface area contributed by atoms with E-state index in [2.05, 4.69) is 4.72 Å². The van der Waals surface area contributed by atoms with Gasteiger partial charge in [0.15, 0.2) is 0 Å². The third kappa shape index (κ3) is 3.10. The molecule has 0 bridgehead atoms. The zero-order chi connectivity index (χ0) is 12.3. The van der Waals surface area contributed by atoms with Gasteiger partial charge < -0.3 is 5.11 Å². The highest BCUT2D eigenvalue weighted by molar-refractivity contribution is 7.93. The monoisotopic (exact) mass is 263 g/mol. The highest BCUT2D eigenvalue weighted by Crippen LogP contribution is 2.24. The fourth-order valence-corrected chi connectivity index (χ4v) is 2.28. The maximum Gasteiger partial charge on any atom is 0.237 e. The van der Waals surface area contributed by atoms with E-state index >= 15 is 0 Å². The number of aliphatic hydroxyl groups excluding tert-OH is 1. The molecular weight excluding hydrogens is 250 g/mol. The highest BCUT2D eigenvalue weighted by atomic mass is 35.5. The van der Waals surface area contributed by atoms with Gasteiger partial charge in [-0.25, -0.2) is 8.42 Å². The summed E-state index contributed by atoms with van der Waals surface area (Å²) in [5, 5.41) is 8.28. The number of benzene rings is 1. The van der Waals surface area contributed by atoms with Gasteiger partial charge in [0.05, 0.1) is 17.3 Å². The van der Waals surface area contributed by atoms with Crippen LogP contribution in [0.15, 0.2) is 18.2 Å². The van der Waals surface area contributed by atoms with Gasteiger partial charge in [-0.3, -0.25) is 4.72 Å². The van der Waals surface area contributed by atoms with Crippen LogP contribution in [0.3, 0.4) is 0 Å². The summed E-state index contributed by atoms with van der Waals surface area (Å²) in [4.78, 5) is 0. The van der Waals surface area contributed by atoms with Crippen molar-refractivity contribution in [1.29, 1.82) is 0 Å². The molecule has 0 spiro atoms. The Balaban J connectivity index is 2.97. The number of rotatable bonds is 4. The lowest BCUT2D eigenvalue weighted by Gasteiger charge is -2.13. The van der Waals surface area contributed by atoms with E-state index in [4.69, 9.17) is 16.7 Å². The van der Waals surface area contributed by atoms with Crippen molar-refractivity contribution >= 4 is 27.3 Å². The molecule has 90 valence electrons. The molecule has 0 amide bonds. The van der Waals surface area contributed by atoms with Gasteiger partial charge in [0.1, 0.15) is 5.25 Å². The average Bonchev–Trinajstić information content (AvgIpc) is 2.21. The Kier molecular flexibility index (Phi) is 4.18. The van der Waals surface area contributed by atoms with Gasteiger partial charge in [-0.05, 0) is 31.5 Å². The van der Waals surface area contributed by atoms with E-state index < -0.39 is 21.9 Å². The molecule has 16 heavy (non-hydrogen) atoms. The summed E-state index contributed by atoms with van der Waals surface area (Å²) < 4.78 is 25.6. The maximum absolute atomic E-state index is 11.6. The molecule has 1 atom stereocenters. The fourth-order valence-electron chi connectivity index (χ4n) is 1.05. The summed E-state index contributed by atoms with van der Waals surface area (Å²) in [5.74, 6) is 0. The molecule has 0 aliphatic rings. The Bertz CT molecular complexity index is 473. The molecule has 4 nitrogen and oxygen atoms in total. The molecule has 0 saturated heterocycles. The predicted octanol–water partition coefficient (Wildman–Crippen LogP) is 1.77. The Morgan fingerprint density at radius 1 is 1.50 bits per heavy atom. The number of halogens is 1. The van der Waals surface area contributed by atoms with Crippen LogP contribution in [0.2, 0.25) is 5.02 Å². The maximum atomic E-state index is 11.6. The van der Waals surface area contributed by atoms with Crippen molar-refractivity contribution in [2.24, 2.45) is 0 Å². The van der Waals surface area contributed by atoms with E-state index in [1.54, 1.807) is 18.2 Å². The second kappa shape index (κ2) is 5.03. The van der Waals surface area contributed by atoms with Crippen molar-refractivity contribution in [3.8, 4) is 0 Å². The Morgan fingerprint density at radius 3 is 2.62 bits per heavy atom. The first kappa shape index (κ1) is 13.3. The summed E-state index contributed by atoms with van der Waals surface area (Å²) in [5.41, 5.74) is 1.27. The van der Waals surface area contributed by atoms with E-state index in [0.717, 1.165) is 5.56 Å². The van der Waals surface area contributed by atoms with Gasteiger partial charge >= 0.3 is 0 Å². The molecule has 6 heteroatoms. The van der Waals surface area contributed by atoms with Crippen LogP contribution in [0.5, 0.6) is 0 Å². The van der Waals surface area contributed by atoms with Crippen LogP contribution in [-0.4, -0.2) is 25.4 Å². The van der Waals surface area contributed by atoms with Crippen LogP contribution >= 0.6 is 11.6 Å². The zero-order valence-electron chi connectivity index (χ0n) is 9.07. The fraction of sp³-hybridized carbons (Fsp3) is 0.400. The quantitative estimate of drug-likeness (QED) is 0.870. The van der Waals surface area contributed by atoms with Crippen molar-refractivity contribution in [3.63, 3.8) is 0 Å². The van der Waals surface area contributed by atoms with E-state index in [-0.39, 0.29) is 0 Å². The van der Waals surface area contributed by atoms with E-state index in [1.165, 1.54) is 6.92 Å². The Hall–Kier alpha value is -0.780. The second-order valence-electron chi connectivity index (χ2n) is 3.62. The van der Waals surface area contributed by atoms with Crippen LogP contribution in [0.1, 0.15) is 12.5 Å². The summed E-state index contributed by atoms with van der Waals surface area (Å²) in [6, 6.07) is 5.02. The molecule has 0 heterocycles. The smallest absolute Gasteiger partial charge is 0.237 e. The van der Waals surface area contributed by atoms with E-state index in [0.29, 0.717) is 10.7 Å². The standard InChI is InChI=1S/C10H14ClNO3S/c1-7-3-4-10(9(11)5-7)12-16(14,15)8(2)6-13/h3-5,8,12-13H,6H2,1-2H3. The van der Waals surface area contributed by atoms with E-state index in [9.17, 15) is 8.42 Å². The number of nitrogens with one attached hydrogen (secondary N) is 1. The van der Waals surface area contributed by atoms with Crippen molar-refractivity contribution in [3.05, 3.63) is 28.8 Å². The number of aliphatic hydroxyl groups is 1. The second-order valence-corrected chi connectivity index (χ2v) is 6.13. The number of sulfonamides is 1. The summed E-state index contributed by atoms with van der Waals surface area (Å²) in [6.45, 7) is 2.85. The first-order chi connectivity index (χ1) is 7.36. The molecule has 1 unspecified atom stereocenters. The topological polar surface area (TPSA) is 66.4 Å². The highest BCUT2D eigenvalue weighted by Gasteiger charge is 2.20. The van der Waals surface area contributed by atoms with E-state index in [1.807, 2.05) is 6.92 Å². The number of anilines is 1. The summed E-state index contributed by atoms with van der Waals surface area (Å²) in [6.07, 6.45) is 0. The number of hydrogen-bond donors (Lipinski definition) is 2. The Morgan fingerprint density at radius 2 is 2.12 bits per heavy atom. The first-order valence-corrected chi connectivity index (χ1v) is 6.68. The molecule has 0 aromatic heterocycles. The van der Waals surface area contributed by atoms with Crippen molar-refractivity contribution in [2.45, 2.75) is 19.1 Å². The van der Waals surface area contributed by atoms with Crippen molar-refractivity contribution in [1.82, 2.24) is 0 Å². The van der Waals surface area contributed by atoms with Gasteiger partial charge in [-0.1, -0.05) is 17.7 Å². The molecule has 0 radical (unpaired) electrons. The minimum absolute atomic E-state index is 0.326. The average molecular weight is 264 g/mol. The predicted molar refractivity (Wildman–Crippen MR) is 65.3 cm³/mol. The Labute approximate surface area is 100 Å². The molecule has 0 aliphatic heterocycles. The molecule has 1 aromatic carbocycles. The van der Waals surface area contributed by atoms with Crippen molar-refractivity contribution < 1.29 is 13.5 Å². The van der Waals surface area contributed by atoms with Gasteiger partial charge in [-0.2, -0.15) is 0 Å².